The van der Waals surface area contributed by atoms with Crippen LogP contribution in [0.1, 0.15) is 47.1 Å². The largest absolute Gasteiger partial charge is 0.325 e. The van der Waals surface area contributed by atoms with Gasteiger partial charge in [-0.15, -0.1) is 0 Å². The number of hydrogen-bond acceptors (Lipinski definition) is 4. The zero-order chi connectivity index (χ0) is 18.1. The molecule has 1 rings (SSSR count). The number of hydrogen-bond donors (Lipinski definition) is 2. The Labute approximate surface area is 139 Å². The van der Waals surface area contributed by atoms with Gasteiger partial charge in [0.15, 0.2) is 9.84 Å². The minimum atomic E-state index is -3.27. The smallest absolute Gasteiger partial charge is 0.241 e. The van der Waals surface area contributed by atoms with Gasteiger partial charge >= 0.3 is 0 Å². The molecule has 0 aliphatic heterocycles. The van der Waals surface area contributed by atoms with Gasteiger partial charge in [0.2, 0.25) is 5.91 Å². The minimum Gasteiger partial charge on any atom is -0.325 e. The Bertz CT molecular complexity index is 668. The number of sulfone groups is 1. The first-order chi connectivity index (χ1) is 10.2. The Hall–Kier alpha value is -1.40. The summed E-state index contributed by atoms with van der Waals surface area (Å²) in [7, 11) is -3.27. The summed E-state index contributed by atoms with van der Waals surface area (Å²) in [6.45, 7) is 10.7. The van der Waals surface area contributed by atoms with E-state index < -0.39 is 20.6 Å². The van der Waals surface area contributed by atoms with Gasteiger partial charge in [-0.3, -0.25) is 4.79 Å². The van der Waals surface area contributed by atoms with Crippen molar-refractivity contribution < 1.29 is 13.2 Å². The number of amides is 1. The topological polar surface area (TPSA) is 89.3 Å². The average molecular weight is 340 g/mol. The fraction of sp³-hybridized carbons (Fsp3) is 0.588. The molecule has 0 saturated heterocycles. The van der Waals surface area contributed by atoms with Crippen molar-refractivity contribution in [1.82, 2.24) is 0 Å². The van der Waals surface area contributed by atoms with Crippen molar-refractivity contribution in [2.45, 2.75) is 58.1 Å². The Morgan fingerprint density at radius 3 is 2.22 bits per heavy atom. The number of carbonyl (C=O) groups is 1. The predicted molar refractivity (Wildman–Crippen MR) is 94.9 cm³/mol. The molecule has 0 aliphatic carbocycles. The van der Waals surface area contributed by atoms with E-state index in [1.54, 1.807) is 45.0 Å². The van der Waals surface area contributed by atoms with E-state index in [9.17, 15) is 13.2 Å². The van der Waals surface area contributed by atoms with E-state index in [0.29, 0.717) is 11.3 Å². The van der Waals surface area contributed by atoms with Crippen LogP contribution in [0, 0.1) is 5.41 Å². The van der Waals surface area contributed by atoms with E-state index in [1.165, 1.54) is 0 Å². The number of nitrogens with one attached hydrogen (secondary N) is 1. The normalized spacial score (nSPS) is 14.4. The molecule has 0 bridgehead atoms. The molecule has 3 N–H and O–H groups in total. The second kappa shape index (κ2) is 6.61. The SMILES string of the molecule is CC(C)(C)[C@H](N)C(=O)Nc1cccc(CS(=O)(=O)C(C)(C)C)c1. The van der Waals surface area contributed by atoms with Gasteiger partial charge in [0.1, 0.15) is 0 Å². The van der Waals surface area contributed by atoms with Crippen LogP contribution in [0.15, 0.2) is 24.3 Å². The van der Waals surface area contributed by atoms with Gasteiger partial charge in [0, 0.05) is 5.69 Å². The third kappa shape index (κ3) is 5.32. The summed E-state index contributed by atoms with van der Waals surface area (Å²) in [5.41, 5.74) is 6.77. The Kier molecular flexibility index (Phi) is 5.65. The molecule has 23 heavy (non-hydrogen) atoms. The van der Waals surface area contributed by atoms with Crippen LogP contribution in [0.4, 0.5) is 5.69 Å². The zero-order valence-electron chi connectivity index (χ0n) is 14.8. The van der Waals surface area contributed by atoms with Crippen molar-refractivity contribution in [3.05, 3.63) is 29.8 Å². The highest BCUT2D eigenvalue weighted by atomic mass is 32.2. The molecule has 1 amide bonds. The van der Waals surface area contributed by atoms with Crippen LogP contribution >= 0.6 is 0 Å². The maximum Gasteiger partial charge on any atom is 0.241 e. The van der Waals surface area contributed by atoms with E-state index in [1.807, 2.05) is 20.8 Å². The van der Waals surface area contributed by atoms with Crippen molar-refractivity contribution >= 4 is 21.4 Å². The highest BCUT2D eigenvalue weighted by molar-refractivity contribution is 7.91. The van der Waals surface area contributed by atoms with Crippen LogP contribution in [-0.4, -0.2) is 25.1 Å². The Morgan fingerprint density at radius 2 is 1.74 bits per heavy atom. The average Bonchev–Trinajstić information content (AvgIpc) is 2.35. The van der Waals surface area contributed by atoms with Gasteiger partial charge in [0.25, 0.3) is 0 Å². The molecule has 1 aromatic rings. The molecule has 0 unspecified atom stereocenters. The molecule has 6 heteroatoms. The summed E-state index contributed by atoms with van der Waals surface area (Å²) in [6.07, 6.45) is 0. The molecule has 1 atom stereocenters. The zero-order valence-corrected chi connectivity index (χ0v) is 15.6. The second-order valence-corrected chi connectivity index (χ2v) is 10.6. The summed E-state index contributed by atoms with van der Waals surface area (Å²) in [6, 6.07) is 6.22. The number of carbonyl (C=O) groups excluding carboxylic acids is 1. The van der Waals surface area contributed by atoms with Crippen molar-refractivity contribution in [3.63, 3.8) is 0 Å². The van der Waals surface area contributed by atoms with E-state index in [2.05, 4.69) is 5.32 Å². The predicted octanol–water partition coefficient (Wildman–Crippen LogP) is 2.71. The lowest BCUT2D eigenvalue weighted by Gasteiger charge is -2.26. The maximum absolute atomic E-state index is 12.3. The molecule has 0 spiro atoms. The summed E-state index contributed by atoms with van der Waals surface area (Å²) in [5.74, 6) is -0.348. The molecule has 0 fully saturated rings. The van der Waals surface area contributed by atoms with Crippen molar-refractivity contribution in [1.29, 1.82) is 0 Å². The first kappa shape index (κ1) is 19.6. The van der Waals surface area contributed by atoms with Crippen LogP contribution < -0.4 is 11.1 Å². The molecule has 5 nitrogen and oxygen atoms in total. The van der Waals surface area contributed by atoms with Gasteiger partial charge in [-0.1, -0.05) is 32.9 Å². The maximum atomic E-state index is 12.3. The Balaban J connectivity index is 2.93. The van der Waals surface area contributed by atoms with Gasteiger partial charge < -0.3 is 11.1 Å². The first-order valence-corrected chi connectivity index (χ1v) is 9.27. The summed E-state index contributed by atoms with van der Waals surface area (Å²) >= 11 is 0. The molecular formula is C17H28N2O3S. The third-order valence-corrected chi connectivity index (χ3v) is 6.28. The number of anilines is 1. The fourth-order valence-corrected chi connectivity index (χ4v) is 2.84. The molecule has 0 saturated carbocycles. The van der Waals surface area contributed by atoms with E-state index in [-0.39, 0.29) is 17.1 Å². The Morgan fingerprint density at radius 1 is 1.17 bits per heavy atom. The number of nitrogens with two attached hydrogens (primary N) is 1. The minimum absolute atomic E-state index is 0.0640. The molecule has 0 aliphatic rings. The number of rotatable bonds is 4. The van der Waals surface area contributed by atoms with E-state index in [4.69, 9.17) is 5.73 Å². The summed E-state index contributed by atoms with van der Waals surface area (Å²) < 4.78 is 23.8. The van der Waals surface area contributed by atoms with Crippen LogP contribution in [0.25, 0.3) is 0 Å². The van der Waals surface area contributed by atoms with Gasteiger partial charge in [-0.2, -0.15) is 0 Å². The van der Waals surface area contributed by atoms with Crippen LogP contribution in [-0.2, 0) is 20.4 Å². The molecule has 130 valence electrons. The third-order valence-electron chi connectivity index (χ3n) is 3.70. The van der Waals surface area contributed by atoms with Crippen molar-refractivity contribution in [2.75, 3.05) is 5.32 Å². The van der Waals surface area contributed by atoms with Crippen molar-refractivity contribution in [2.24, 2.45) is 11.1 Å². The molecule has 1 aromatic carbocycles. The molecular weight excluding hydrogens is 312 g/mol. The van der Waals surface area contributed by atoms with Crippen molar-refractivity contribution in [3.8, 4) is 0 Å². The van der Waals surface area contributed by atoms with Crippen LogP contribution in [0.2, 0.25) is 0 Å². The molecule has 0 aromatic heterocycles. The number of benzene rings is 1. The highest BCUT2D eigenvalue weighted by Crippen LogP contribution is 2.23. The van der Waals surface area contributed by atoms with Gasteiger partial charge in [-0.05, 0) is 43.9 Å². The summed E-state index contributed by atoms with van der Waals surface area (Å²) in [4.78, 5) is 12.2. The lowest BCUT2D eigenvalue weighted by Crippen LogP contribution is -2.45. The van der Waals surface area contributed by atoms with Gasteiger partial charge in [-0.25, -0.2) is 8.42 Å². The van der Waals surface area contributed by atoms with E-state index >= 15 is 0 Å². The monoisotopic (exact) mass is 340 g/mol. The van der Waals surface area contributed by atoms with Crippen LogP contribution in [0.3, 0.4) is 0 Å². The highest BCUT2D eigenvalue weighted by Gasteiger charge is 2.29. The quantitative estimate of drug-likeness (QED) is 0.882. The van der Waals surface area contributed by atoms with Gasteiger partial charge in [0.05, 0.1) is 16.5 Å². The summed E-state index contributed by atoms with van der Waals surface area (Å²) in [5, 5.41) is 2.75. The second-order valence-electron chi connectivity index (χ2n) is 7.90. The first-order valence-electron chi connectivity index (χ1n) is 7.62. The fourth-order valence-electron chi connectivity index (χ4n) is 1.79. The standard InChI is InChI=1S/C17H28N2O3S/c1-16(2,3)14(18)15(20)19-13-9-7-8-12(10-13)11-23(21,22)17(4,5)6/h7-10,14H,11,18H2,1-6H3,(H,19,20)/t14-/m1/s1. The van der Waals surface area contributed by atoms with Crippen LogP contribution in [0.5, 0.6) is 0 Å². The van der Waals surface area contributed by atoms with E-state index in [0.717, 1.165) is 0 Å². The lowest BCUT2D eigenvalue weighted by atomic mass is 9.87. The molecule has 0 heterocycles. The molecule has 0 radical (unpaired) electrons. The lowest BCUT2D eigenvalue weighted by molar-refractivity contribution is -0.119.